The fourth-order valence-corrected chi connectivity index (χ4v) is 3.04. The number of aryl methyl sites for hydroxylation is 1. The van der Waals surface area contributed by atoms with E-state index in [2.05, 4.69) is 38.9 Å². The number of rotatable bonds is 5. The maximum Gasteiger partial charge on any atom is 0.243 e. The molecule has 124 valence electrons. The van der Waals surface area contributed by atoms with Gasteiger partial charge in [-0.25, -0.2) is 4.98 Å². The number of hydrogen-bond acceptors (Lipinski definition) is 4. The van der Waals surface area contributed by atoms with Gasteiger partial charge in [-0.1, -0.05) is 13.8 Å². The van der Waals surface area contributed by atoms with Crippen molar-refractivity contribution < 1.29 is 4.79 Å². The van der Waals surface area contributed by atoms with Gasteiger partial charge in [-0.2, -0.15) is 0 Å². The van der Waals surface area contributed by atoms with Crippen LogP contribution in [0.25, 0.3) is 0 Å². The molecule has 0 spiro atoms. The first-order chi connectivity index (χ1) is 11.1. The Morgan fingerprint density at radius 1 is 1.30 bits per heavy atom. The van der Waals surface area contributed by atoms with Crippen molar-refractivity contribution in [3.05, 3.63) is 29.9 Å². The topological polar surface area (TPSA) is 77.6 Å². The maximum absolute atomic E-state index is 12.5. The first-order valence-electron chi connectivity index (χ1n) is 8.29. The fraction of sp³-hybridized carbons (Fsp3) is 0.625. The summed E-state index contributed by atoms with van der Waals surface area (Å²) < 4.78 is 4.06. The van der Waals surface area contributed by atoms with Crippen LogP contribution in [0.4, 0.5) is 0 Å². The number of imidazole rings is 1. The summed E-state index contributed by atoms with van der Waals surface area (Å²) in [6, 6.07) is -0.293. The second kappa shape index (κ2) is 6.52. The van der Waals surface area contributed by atoms with E-state index in [9.17, 15) is 4.79 Å². The van der Waals surface area contributed by atoms with Crippen molar-refractivity contribution in [1.82, 2.24) is 29.6 Å². The van der Waals surface area contributed by atoms with Crippen LogP contribution in [-0.2, 0) is 24.3 Å². The Balaban J connectivity index is 1.65. The van der Waals surface area contributed by atoms with Crippen LogP contribution in [0.15, 0.2) is 12.4 Å². The molecule has 1 atom stereocenters. The number of carbonyl (C=O) groups excluding carboxylic acids is 1. The van der Waals surface area contributed by atoms with E-state index in [0.717, 1.165) is 36.9 Å². The van der Waals surface area contributed by atoms with Crippen LogP contribution in [0.5, 0.6) is 0 Å². The average Bonchev–Trinajstić information content (AvgIpc) is 3.19. The zero-order valence-electron chi connectivity index (χ0n) is 14.0. The molecule has 0 aromatic carbocycles. The molecule has 1 amide bonds. The van der Waals surface area contributed by atoms with Crippen LogP contribution in [-0.4, -0.2) is 30.2 Å². The largest absolute Gasteiger partial charge is 0.347 e. The number of amides is 1. The summed E-state index contributed by atoms with van der Waals surface area (Å²) in [4.78, 5) is 16.8. The van der Waals surface area contributed by atoms with Gasteiger partial charge < -0.3 is 14.5 Å². The van der Waals surface area contributed by atoms with E-state index in [-0.39, 0.29) is 17.9 Å². The van der Waals surface area contributed by atoms with Gasteiger partial charge in [-0.05, 0) is 19.8 Å². The molecule has 0 bridgehead atoms. The molecule has 1 aliphatic heterocycles. The number of nitrogens with one attached hydrogen (secondary N) is 1. The molecule has 1 aliphatic rings. The van der Waals surface area contributed by atoms with Crippen LogP contribution < -0.4 is 5.32 Å². The van der Waals surface area contributed by atoms with Gasteiger partial charge in [-0.3, -0.25) is 4.79 Å². The summed E-state index contributed by atoms with van der Waals surface area (Å²) in [6.07, 6.45) is 6.89. The number of aromatic nitrogens is 5. The lowest BCUT2D eigenvalue weighted by Crippen LogP contribution is -2.32. The van der Waals surface area contributed by atoms with Gasteiger partial charge in [0.2, 0.25) is 5.91 Å². The van der Waals surface area contributed by atoms with Crippen LogP contribution in [0.3, 0.4) is 0 Å². The summed E-state index contributed by atoms with van der Waals surface area (Å²) in [7, 11) is 0. The molecule has 0 radical (unpaired) electrons. The Morgan fingerprint density at radius 3 is 2.91 bits per heavy atom. The van der Waals surface area contributed by atoms with E-state index in [1.807, 2.05) is 17.7 Å². The zero-order valence-corrected chi connectivity index (χ0v) is 14.0. The fourth-order valence-electron chi connectivity index (χ4n) is 3.04. The third-order valence-electron chi connectivity index (χ3n) is 4.37. The van der Waals surface area contributed by atoms with Gasteiger partial charge in [0.15, 0.2) is 5.82 Å². The maximum atomic E-state index is 12.5. The van der Waals surface area contributed by atoms with Crippen molar-refractivity contribution in [3.8, 4) is 0 Å². The first-order valence-corrected chi connectivity index (χ1v) is 8.29. The summed E-state index contributed by atoms with van der Waals surface area (Å²) in [5.74, 6) is 3.05. The molecule has 23 heavy (non-hydrogen) atoms. The Morgan fingerprint density at radius 2 is 2.13 bits per heavy atom. The molecule has 2 aromatic rings. The van der Waals surface area contributed by atoms with Gasteiger partial charge >= 0.3 is 0 Å². The lowest BCUT2D eigenvalue weighted by atomic mass is 10.1. The minimum atomic E-state index is -0.293. The normalized spacial score (nSPS) is 15.5. The number of nitrogens with zero attached hydrogens (tertiary/aromatic N) is 5. The Hall–Kier alpha value is -2.18. The van der Waals surface area contributed by atoms with E-state index in [0.29, 0.717) is 6.54 Å². The molecule has 0 fully saturated rings. The summed E-state index contributed by atoms with van der Waals surface area (Å²) >= 11 is 0. The van der Waals surface area contributed by atoms with Crippen LogP contribution in [0, 0.1) is 0 Å². The first kappa shape index (κ1) is 15.7. The van der Waals surface area contributed by atoms with E-state index >= 15 is 0 Å². The highest BCUT2D eigenvalue weighted by atomic mass is 16.2. The van der Waals surface area contributed by atoms with Gasteiger partial charge in [0.25, 0.3) is 0 Å². The molecule has 2 aromatic heterocycles. The van der Waals surface area contributed by atoms with Crippen molar-refractivity contribution in [1.29, 1.82) is 0 Å². The highest BCUT2D eigenvalue weighted by molar-refractivity contribution is 5.79. The zero-order chi connectivity index (χ0) is 16.4. The van der Waals surface area contributed by atoms with Gasteiger partial charge in [0.05, 0.1) is 6.54 Å². The minimum absolute atomic E-state index is 0.0296. The molecule has 0 aliphatic carbocycles. The van der Waals surface area contributed by atoms with E-state index in [1.54, 1.807) is 6.20 Å². The molecular formula is C16H24N6O. The average molecular weight is 316 g/mol. The SMILES string of the molecule is CC(C)c1nccn1C(C)C(=O)NCc1nnc2n1CCCC2. The third-order valence-corrected chi connectivity index (χ3v) is 4.37. The minimum Gasteiger partial charge on any atom is -0.347 e. The van der Waals surface area contributed by atoms with Gasteiger partial charge in [-0.15, -0.1) is 10.2 Å². The molecule has 1 unspecified atom stereocenters. The molecule has 3 heterocycles. The van der Waals surface area contributed by atoms with Crippen molar-refractivity contribution in [3.63, 3.8) is 0 Å². The second-order valence-electron chi connectivity index (χ2n) is 6.38. The molecule has 7 nitrogen and oxygen atoms in total. The van der Waals surface area contributed by atoms with Gasteiger partial charge in [0.1, 0.15) is 17.7 Å². The lowest BCUT2D eigenvalue weighted by Gasteiger charge is -2.18. The Bertz CT molecular complexity index is 687. The van der Waals surface area contributed by atoms with Crippen molar-refractivity contribution in [2.45, 2.75) is 65.1 Å². The summed E-state index contributed by atoms with van der Waals surface area (Å²) in [6.45, 7) is 7.41. The monoisotopic (exact) mass is 316 g/mol. The van der Waals surface area contributed by atoms with Gasteiger partial charge in [0, 0.05) is 31.3 Å². The molecular weight excluding hydrogens is 292 g/mol. The predicted octanol–water partition coefficient (Wildman–Crippen LogP) is 1.81. The second-order valence-corrected chi connectivity index (χ2v) is 6.38. The molecule has 0 saturated carbocycles. The van der Waals surface area contributed by atoms with Crippen molar-refractivity contribution >= 4 is 5.91 Å². The summed E-state index contributed by atoms with van der Waals surface area (Å²) in [5, 5.41) is 11.4. The van der Waals surface area contributed by atoms with Crippen LogP contribution >= 0.6 is 0 Å². The number of fused-ring (bicyclic) bond motifs is 1. The molecule has 0 saturated heterocycles. The number of hydrogen-bond donors (Lipinski definition) is 1. The lowest BCUT2D eigenvalue weighted by molar-refractivity contribution is -0.124. The Kier molecular flexibility index (Phi) is 4.45. The molecule has 7 heteroatoms. The standard InChI is InChI=1S/C16H24N6O/c1-11(2)15-17-7-9-21(15)12(3)16(23)18-10-14-20-19-13-6-4-5-8-22(13)14/h7,9,11-12H,4-6,8,10H2,1-3H3,(H,18,23). The molecule has 1 N–H and O–H groups in total. The quantitative estimate of drug-likeness (QED) is 0.912. The van der Waals surface area contributed by atoms with E-state index < -0.39 is 0 Å². The van der Waals surface area contributed by atoms with Crippen LogP contribution in [0.1, 0.15) is 63.0 Å². The highest BCUT2D eigenvalue weighted by Crippen LogP contribution is 2.18. The van der Waals surface area contributed by atoms with E-state index in [1.165, 1.54) is 6.42 Å². The Labute approximate surface area is 136 Å². The predicted molar refractivity (Wildman–Crippen MR) is 85.8 cm³/mol. The van der Waals surface area contributed by atoms with Crippen molar-refractivity contribution in [2.24, 2.45) is 0 Å². The molecule has 3 rings (SSSR count). The number of carbonyl (C=O) groups is 1. The highest BCUT2D eigenvalue weighted by Gasteiger charge is 2.21. The van der Waals surface area contributed by atoms with E-state index in [4.69, 9.17) is 0 Å². The van der Waals surface area contributed by atoms with Crippen molar-refractivity contribution in [2.75, 3.05) is 0 Å². The summed E-state index contributed by atoms with van der Waals surface area (Å²) in [5.41, 5.74) is 0. The third kappa shape index (κ3) is 3.13. The smallest absolute Gasteiger partial charge is 0.243 e. The van der Waals surface area contributed by atoms with Crippen LogP contribution in [0.2, 0.25) is 0 Å².